The van der Waals surface area contributed by atoms with Gasteiger partial charge in [-0.3, -0.25) is 9.59 Å². The first-order chi connectivity index (χ1) is 14.4. The van der Waals surface area contributed by atoms with Gasteiger partial charge in [0.05, 0.1) is 11.6 Å². The molecule has 2 aromatic rings. The molecule has 156 valence electrons. The predicted octanol–water partition coefficient (Wildman–Crippen LogP) is 3.92. The minimum Gasteiger partial charge on any atom is -0.503 e. The first kappa shape index (κ1) is 21.5. The average Bonchev–Trinajstić information content (AvgIpc) is 2.98. The van der Waals surface area contributed by atoms with Crippen molar-refractivity contribution in [2.24, 2.45) is 0 Å². The van der Waals surface area contributed by atoms with Gasteiger partial charge in [0.2, 0.25) is 0 Å². The average molecular weight is 405 g/mol. The summed E-state index contributed by atoms with van der Waals surface area (Å²) in [6, 6.07) is 16.6. The molecule has 0 bridgehead atoms. The lowest BCUT2D eigenvalue weighted by Gasteiger charge is -2.27. The van der Waals surface area contributed by atoms with Crippen molar-refractivity contribution in [3.8, 4) is 0 Å². The summed E-state index contributed by atoms with van der Waals surface area (Å²) < 4.78 is 0. The highest BCUT2D eigenvalue weighted by Crippen LogP contribution is 2.38. The van der Waals surface area contributed by atoms with Crippen molar-refractivity contribution in [2.75, 3.05) is 27.2 Å². The van der Waals surface area contributed by atoms with Crippen molar-refractivity contribution in [1.29, 1.82) is 0 Å². The second kappa shape index (κ2) is 9.55. The lowest BCUT2D eigenvalue weighted by molar-refractivity contribution is -0.129. The van der Waals surface area contributed by atoms with Crippen LogP contribution in [0, 0.1) is 6.92 Å². The van der Waals surface area contributed by atoms with Crippen molar-refractivity contribution in [1.82, 2.24) is 9.80 Å². The molecule has 2 aromatic carbocycles. The van der Waals surface area contributed by atoms with Gasteiger partial charge in [-0.2, -0.15) is 0 Å². The minimum atomic E-state index is -0.590. The van der Waals surface area contributed by atoms with E-state index in [1.807, 2.05) is 80.5 Å². The summed E-state index contributed by atoms with van der Waals surface area (Å²) in [5, 5.41) is 10.6. The molecule has 1 aliphatic heterocycles. The number of hydrogen-bond acceptors (Lipinski definition) is 4. The van der Waals surface area contributed by atoms with Crippen LogP contribution in [0.3, 0.4) is 0 Å². The SMILES string of the molecule is Cc1ccc(C2C(C(=O)/C=C/c3ccccc3)=C(O)C(=O)N2CCCN(C)C)cc1. The Hall–Kier alpha value is -3.18. The molecule has 0 saturated heterocycles. The number of hydrogen-bond donors (Lipinski definition) is 1. The molecule has 1 N–H and O–H groups in total. The van der Waals surface area contributed by atoms with Crippen LogP contribution in [-0.4, -0.2) is 53.8 Å². The van der Waals surface area contributed by atoms with E-state index >= 15 is 0 Å². The maximum Gasteiger partial charge on any atom is 0.290 e. The topological polar surface area (TPSA) is 60.9 Å². The van der Waals surface area contributed by atoms with Crippen molar-refractivity contribution in [2.45, 2.75) is 19.4 Å². The fourth-order valence-corrected chi connectivity index (χ4v) is 3.61. The van der Waals surface area contributed by atoms with Gasteiger partial charge in [-0.05, 0) is 51.2 Å². The van der Waals surface area contributed by atoms with Gasteiger partial charge in [-0.15, -0.1) is 0 Å². The number of rotatable bonds is 8. The zero-order valence-corrected chi connectivity index (χ0v) is 17.7. The second-order valence-corrected chi connectivity index (χ2v) is 7.84. The molecule has 5 nitrogen and oxygen atoms in total. The van der Waals surface area contributed by atoms with Crippen LogP contribution in [0.15, 0.2) is 72.0 Å². The Labute approximate surface area is 177 Å². The molecule has 1 unspecified atom stereocenters. The van der Waals surface area contributed by atoms with E-state index in [4.69, 9.17) is 0 Å². The number of aryl methyl sites for hydroxylation is 1. The number of aliphatic hydroxyl groups excluding tert-OH is 1. The molecular weight excluding hydrogens is 376 g/mol. The quantitative estimate of drug-likeness (QED) is 0.678. The summed E-state index contributed by atoms with van der Waals surface area (Å²) in [4.78, 5) is 29.6. The highest BCUT2D eigenvalue weighted by atomic mass is 16.3. The summed E-state index contributed by atoms with van der Waals surface area (Å²) in [7, 11) is 3.95. The molecule has 1 aliphatic rings. The number of amides is 1. The number of carbonyl (C=O) groups is 2. The summed E-state index contributed by atoms with van der Waals surface area (Å²) in [5.41, 5.74) is 2.93. The number of aliphatic hydroxyl groups is 1. The minimum absolute atomic E-state index is 0.140. The van der Waals surface area contributed by atoms with Crippen molar-refractivity contribution < 1.29 is 14.7 Å². The Morgan fingerprint density at radius 3 is 2.40 bits per heavy atom. The fourth-order valence-electron chi connectivity index (χ4n) is 3.61. The van der Waals surface area contributed by atoms with E-state index in [-0.39, 0.29) is 11.4 Å². The normalized spacial score (nSPS) is 16.9. The number of nitrogens with zero attached hydrogens (tertiary/aromatic N) is 2. The van der Waals surface area contributed by atoms with Crippen molar-refractivity contribution in [3.05, 3.63) is 88.7 Å². The number of ketones is 1. The smallest absolute Gasteiger partial charge is 0.290 e. The monoisotopic (exact) mass is 404 g/mol. The predicted molar refractivity (Wildman–Crippen MR) is 119 cm³/mol. The van der Waals surface area contributed by atoms with E-state index in [9.17, 15) is 14.7 Å². The van der Waals surface area contributed by atoms with Crippen LogP contribution >= 0.6 is 0 Å². The Balaban J connectivity index is 1.93. The zero-order chi connectivity index (χ0) is 21.7. The van der Waals surface area contributed by atoms with Crippen LogP contribution in [0.5, 0.6) is 0 Å². The third-order valence-electron chi connectivity index (χ3n) is 5.19. The van der Waals surface area contributed by atoms with Crippen LogP contribution in [0.4, 0.5) is 0 Å². The highest BCUT2D eigenvalue weighted by Gasteiger charge is 2.42. The Bertz CT molecular complexity index is 960. The zero-order valence-electron chi connectivity index (χ0n) is 17.7. The molecule has 0 spiro atoms. The number of carbonyl (C=O) groups excluding carboxylic acids is 2. The van der Waals surface area contributed by atoms with Gasteiger partial charge in [0.1, 0.15) is 0 Å². The summed E-state index contributed by atoms with van der Waals surface area (Å²) in [6.45, 7) is 3.25. The van der Waals surface area contributed by atoms with Crippen LogP contribution in [0.2, 0.25) is 0 Å². The van der Waals surface area contributed by atoms with Gasteiger partial charge in [0.25, 0.3) is 5.91 Å². The third kappa shape index (κ3) is 4.86. The van der Waals surface area contributed by atoms with E-state index in [0.717, 1.165) is 29.7 Å². The molecule has 0 aliphatic carbocycles. The molecule has 3 rings (SSSR count). The van der Waals surface area contributed by atoms with Gasteiger partial charge in [-0.25, -0.2) is 0 Å². The molecule has 30 heavy (non-hydrogen) atoms. The maximum absolute atomic E-state index is 13.1. The van der Waals surface area contributed by atoms with Crippen molar-refractivity contribution in [3.63, 3.8) is 0 Å². The van der Waals surface area contributed by atoms with E-state index in [1.165, 1.54) is 6.08 Å². The second-order valence-electron chi connectivity index (χ2n) is 7.84. The Morgan fingerprint density at radius 2 is 1.77 bits per heavy atom. The highest BCUT2D eigenvalue weighted by molar-refractivity contribution is 6.14. The molecular formula is C25H28N2O3. The maximum atomic E-state index is 13.1. The van der Waals surface area contributed by atoms with E-state index in [2.05, 4.69) is 0 Å². The Morgan fingerprint density at radius 1 is 1.10 bits per heavy atom. The van der Waals surface area contributed by atoms with E-state index in [1.54, 1.807) is 11.0 Å². The Kier molecular flexibility index (Phi) is 6.85. The molecule has 5 heteroatoms. The first-order valence-corrected chi connectivity index (χ1v) is 10.1. The third-order valence-corrected chi connectivity index (χ3v) is 5.19. The van der Waals surface area contributed by atoms with Gasteiger partial charge in [0.15, 0.2) is 11.5 Å². The standard InChI is InChI=1S/C25H28N2O3/c1-18-10-13-20(14-11-18)23-22(21(28)15-12-19-8-5-4-6-9-19)24(29)25(30)27(23)17-7-16-26(2)3/h4-6,8-15,23,29H,7,16-17H2,1-3H3/b15-12+. The van der Waals surface area contributed by atoms with Gasteiger partial charge in [-0.1, -0.05) is 66.2 Å². The molecule has 1 amide bonds. The number of allylic oxidation sites excluding steroid dienone is 1. The fraction of sp³-hybridized carbons (Fsp3) is 0.280. The van der Waals surface area contributed by atoms with E-state index < -0.39 is 17.7 Å². The molecule has 0 fully saturated rings. The lowest BCUT2D eigenvalue weighted by atomic mass is 9.95. The number of benzene rings is 2. The van der Waals surface area contributed by atoms with Crippen LogP contribution in [0.1, 0.15) is 29.2 Å². The van der Waals surface area contributed by atoms with Gasteiger partial charge in [0, 0.05) is 6.54 Å². The molecule has 0 radical (unpaired) electrons. The lowest BCUT2D eigenvalue weighted by Crippen LogP contribution is -2.33. The first-order valence-electron chi connectivity index (χ1n) is 10.1. The molecule has 0 aromatic heterocycles. The summed E-state index contributed by atoms with van der Waals surface area (Å²) in [6.07, 6.45) is 3.88. The molecule has 1 atom stereocenters. The van der Waals surface area contributed by atoms with Gasteiger partial charge >= 0.3 is 0 Å². The molecule has 1 heterocycles. The molecule has 0 saturated carbocycles. The van der Waals surface area contributed by atoms with Gasteiger partial charge < -0.3 is 14.9 Å². The van der Waals surface area contributed by atoms with Crippen LogP contribution in [0.25, 0.3) is 6.08 Å². The van der Waals surface area contributed by atoms with E-state index in [0.29, 0.717) is 6.54 Å². The van der Waals surface area contributed by atoms with Crippen LogP contribution < -0.4 is 0 Å². The van der Waals surface area contributed by atoms with Crippen molar-refractivity contribution >= 4 is 17.8 Å². The largest absolute Gasteiger partial charge is 0.503 e. The summed E-state index contributed by atoms with van der Waals surface area (Å²) in [5.74, 6) is -1.30. The van der Waals surface area contributed by atoms with Crippen LogP contribution in [-0.2, 0) is 9.59 Å². The summed E-state index contributed by atoms with van der Waals surface area (Å²) >= 11 is 0.